The first kappa shape index (κ1) is 21.5. The lowest BCUT2D eigenvalue weighted by Crippen LogP contribution is -2.32. The van der Waals surface area contributed by atoms with Gasteiger partial charge < -0.3 is 14.8 Å². The molecule has 0 bridgehead atoms. The van der Waals surface area contributed by atoms with Crippen molar-refractivity contribution in [3.63, 3.8) is 0 Å². The van der Waals surface area contributed by atoms with Crippen LogP contribution in [0.1, 0.15) is 33.6 Å². The molecule has 3 aromatic rings. The minimum atomic E-state index is -0.792. The SMILES string of the molecule is CCOC(=O)c1ccc(N2C(=O)[C@H]3[C@H](c4ccccc4O)c4sc(=O)[nH]c4S[C@H]3C2=O)cc1. The maximum absolute atomic E-state index is 13.6. The third-order valence-corrected chi connectivity index (χ3v) is 8.13. The Balaban J connectivity index is 1.56. The standard InChI is InChI=1S/C23H18N2O6S2/c1-2-31-22(29)11-7-9-12(10-8-11)25-20(27)16-15(13-5-3-4-6-14(13)26)17-19(24-23(30)33-17)32-18(16)21(25)28/h3-10,15-16,18,26H,2H2,1H3,(H,24,30)/t15-,16-,18+/m0/s1. The molecule has 0 saturated carbocycles. The van der Waals surface area contributed by atoms with E-state index in [1.807, 2.05) is 0 Å². The topological polar surface area (TPSA) is 117 Å². The lowest BCUT2D eigenvalue weighted by molar-refractivity contribution is -0.122. The maximum atomic E-state index is 13.6. The average molecular weight is 483 g/mol. The first-order chi connectivity index (χ1) is 15.9. The summed E-state index contributed by atoms with van der Waals surface area (Å²) in [5, 5.41) is 10.3. The third-order valence-electron chi connectivity index (χ3n) is 5.73. The number of benzene rings is 2. The Hall–Kier alpha value is -3.37. The number of aromatic nitrogens is 1. The molecular formula is C23H18N2O6S2. The lowest BCUT2D eigenvalue weighted by atomic mass is 9.82. The van der Waals surface area contributed by atoms with Crippen LogP contribution < -0.4 is 9.77 Å². The number of amides is 2. The minimum Gasteiger partial charge on any atom is -0.508 e. The number of imide groups is 1. The van der Waals surface area contributed by atoms with Gasteiger partial charge in [-0.05, 0) is 37.3 Å². The van der Waals surface area contributed by atoms with E-state index < -0.39 is 34.9 Å². The van der Waals surface area contributed by atoms with Gasteiger partial charge in [-0.3, -0.25) is 14.4 Å². The van der Waals surface area contributed by atoms with Crippen molar-refractivity contribution in [2.24, 2.45) is 5.92 Å². The second-order valence-electron chi connectivity index (χ2n) is 7.59. The van der Waals surface area contributed by atoms with Crippen LogP contribution in [0.2, 0.25) is 0 Å². The molecule has 1 fully saturated rings. The fourth-order valence-electron chi connectivity index (χ4n) is 4.32. The number of esters is 1. The predicted molar refractivity (Wildman–Crippen MR) is 123 cm³/mol. The van der Waals surface area contributed by atoms with Crippen LogP contribution in [-0.2, 0) is 14.3 Å². The van der Waals surface area contributed by atoms with Crippen molar-refractivity contribution in [2.45, 2.75) is 23.1 Å². The first-order valence-corrected chi connectivity index (χ1v) is 11.9. The molecule has 2 aliphatic rings. The summed E-state index contributed by atoms with van der Waals surface area (Å²) in [5.41, 5.74) is 1.16. The quantitative estimate of drug-likeness (QED) is 0.433. The summed E-state index contributed by atoms with van der Waals surface area (Å²) in [4.78, 5) is 55.3. The molecule has 1 saturated heterocycles. The van der Waals surface area contributed by atoms with Crippen molar-refractivity contribution in [2.75, 3.05) is 11.5 Å². The summed E-state index contributed by atoms with van der Waals surface area (Å²) < 4.78 is 4.98. The highest BCUT2D eigenvalue weighted by Gasteiger charge is 2.56. The van der Waals surface area contributed by atoms with Gasteiger partial charge in [0.2, 0.25) is 11.8 Å². The number of carbonyl (C=O) groups is 3. The number of fused-ring (bicyclic) bond motifs is 2. The number of nitrogens with one attached hydrogen (secondary N) is 1. The van der Waals surface area contributed by atoms with Crippen molar-refractivity contribution in [3.05, 3.63) is 74.2 Å². The van der Waals surface area contributed by atoms with Gasteiger partial charge >= 0.3 is 10.8 Å². The van der Waals surface area contributed by atoms with Crippen LogP contribution in [-0.4, -0.2) is 39.7 Å². The number of para-hydroxylation sites is 1. The molecule has 0 aliphatic carbocycles. The lowest BCUT2D eigenvalue weighted by Gasteiger charge is -2.30. The summed E-state index contributed by atoms with van der Waals surface area (Å²) in [6.07, 6.45) is 0. The fourth-order valence-corrected chi connectivity index (χ4v) is 6.82. The number of thiazole rings is 1. The van der Waals surface area contributed by atoms with Gasteiger partial charge in [-0.15, -0.1) is 0 Å². The molecule has 3 heterocycles. The fraction of sp³-hybridized carbons (Fsp3) is 0.217. The van der Waals surface area contributed by atoms with Crippen LogP contribution in [0.15, 0.2) is 58.4 Å². The van der Waals surface area contributed by atoms with Gasteiger partial charge in [0.15, 0.2) is 0 Å². The number of rotatable bonds is 4. The predicted octanol–water partition coefficient (Wildman–Crippen LogP) is 3.11. The average Bonchev–Trinajstić information content (AvgIpc) is 3.29. The monoisotopic (exact) mass is 482 g/mol. The van der Waals surface area contributed by atoms with Crippen LogP contribution in [0.4, 0.5) is 5.69 Å². The first-order valence-electron chi connectivity index (χ1n) is 10.2. The van der Waals surface area contributed by atoms with Crippen molar-refractivity contribution in [1.82, 2.24) is 4.98 Å². The van der Waals surface area contributed by atoms with E-state index in [0.29, 0.717) is 26.7 Å². The molecule has 168 valence electrons. The molecule has 8 nitrogen and oxygen atoms in total. The van der Waals surface area contributed by atoms with Gasteiger partial charge in [0.05, 0.1) is 28.8 Å². The minimum absolute atomic E-state index is 0.00237. The normalized spacial score (nSPS) is 21.6. The molecule has 1 aromatic heterocycles. The van der Waals surface area contributed by atoms with Crippen LogP contribution in [0, 0.1) is 5.92 Å². The number of carbonyl (C=O) groups excluding carboxylic acids is 3. The number of aromatic hydroxyl groups is 1. The molecule has 2 N–H and O–H groups in total. The number of anilines is 1. The molecule has 3 atom stereocenters. The molecular weight excluding hydrogens is 464 g/mol. The number of nitrogens with zero attached hydrogens (tertiary/aromatic N) is 1. The van der Waals surface area contributed by atoms with Crippen LogP contribution >= 0.6 is 23.1 Å². The van der Waals surface area contributed by atoms with E-state index in [-0.39, 0.29) is 17.2 Å². The molecule has 33 heavy (non-hydrogen) atoms. The summed E-state index contributed by atoms with van der Waals surface area (Å²) in [6.45, 7) is 1.95. The van der Waals surface area contributed by atoms with Gasteiger partial charge in [-0.2, -0.15) is 0 Å². The largest absolute Gasteiger partial charge is 0.508 e. The van der Waals surface area contributed by atoms with Gasteiger partial charge in [0.1, 0.15) is 11.0 Å². The van der Waals surface area contributed by atoms with Crippen LogP contribution in [0.3, 0.4) is 0 Å². The number of thioether (sulfide) groups is 1. The highest BCUT2D eigenvalue weighted by atomic mass is 32.2. The van der Waals surface area contributed by atoms with E-state index in [2.05, 4.69) is 4.98 Å². The number of phenolic OH excluding ortho intramolecular Hbond substituents is 1. The van der Waals surface area contributed by atoms with Crippen molar-refractivity contribution < 1.29 is 24.2 Å². The van der Waals surface area contributed by atoms with Gasteiger partial charge in [-0.25, -0.2) is 9.69 Å². The van der Waals surface area contributed by atoms with Crippen LogP contribution in [0.5, 0.6) is 5.75 Å². The molecule has 10 heteroatoms. The van der Waals surface area contributed by atoms with E-state index in [1.165, 1.54) is 30.3 Å². The maximum Gasteiger partial charge on any atom is 0.338 e. The summed E-state index contributed by atoms with van der Waals surface area (Å²) >= 11 is 2.15. The zero-order valence-electron chi connectivity index (χ0n) is 17.3. The second-order valence-corrected chi connectivity index (χ2v) is 9.75. The number of aromatic amines is 1. The van der Waals surface area contributed by atoms with Crippen molar-refractivity contribution >= 4 is 46.6 Å². The number of phenols is 1. The number of ether oxygens (including phenoxy) is 1. The van der Waals surface area contributed by atoms with Gasteiger partial charge in [0.25, 0.3) is 0 Å². The summed E-state index contributed by atoms with van der Waals surface area (Å²) in [5.74, 6) is -2.74. The zero-order chi connectivity index (χ0) is 23.3. The number of H-pyrrole nitrogens is 1. The molecule has 2 aromatic carbocycles. The third kappa shape index (κ3) is 3.46. The second kappa shape index (κ2) is 8.20. The molecule has 2 aliphatic heterocycles. The highest BCUT2D eigenvalue weighted by molar-refractivity contribution is 8.00. The van der Waals surface area contributed by atoms with Crippen LogP contribution in [0.25, 0.3) is 0 Å². The van der Waals surface area contributed by atoms with Crippen molar-refractivity contribution in [3.8, 4) is 5.75 Å². The zero-order valence-corrected chi connectivity index (χ0v) is 18.9. The van der Waals surface area contributed by atoms with E-state index in [0.717, 1.165) is 28.0 Å². The van der Waals surface area contributed by atoms with Crippen molar-refractivity contribution in [1.29, 1.82) is 0 Å². The Morgan fingerprint density at radius 1 is 1.09 bits per heavy atom. The smallest absolute Gasteiger partial charge is 0.338 e. The summed E-state index contributed by atoms with van der Waals surface area (Å²) in [6, 6.07) is 12.7. The number of hydrogen-bond acceptors (Lipinski definition) is 8. The Labute approximate surface area is 196 Å². The van der Waals surface area contributed by atoms with E-state index in [1.54, 1.807) is 25.1 Å². The van der Waals surface area contributed by atoms with E-state index in [4.69, 9.17) is 4.74 Å². The Kier molecular flexibility index (Phi) is 5.34. The van der Waals surface area contributed by atoms with E-state index >= 15 is 0 Å². The Morgan fingerprint density at radius 3 is 2.52 bits per heavy atom. The molecule has 5 rings (SSSR count). The molecule has 0 radical (unpaired) electrons. The van der Waals surface area contributed by atoms with Gasteiger partial charge in [0, 0.05) is 16.4 Å². The number of hydrogen-bond donors (Lipinski definition) is 2. The Morgan fingerprint density at radius 2 is 1.82 bits per heavy atom. The van der Waals surface area contributed by atoms with E-state index in [9.17, 15) is 24.3 Å². The summed E-state index contributed by atoms with van der Waals surface area (Å²) in [7, 11) is 0. The molecule has 0 spiro atoms. The Bertz CT molecular complexity index is 1330. The molecule has 0 unspecified atom stereocenters. The highest BCUT2D eigenvalue weighted by Crippen LogP contribution is 2.54. The van der Waals surface area contributed by atoms with Gasteiger partial charge in [-0.1, -0.05) is 41.3 Å². The molecule has 2 amide bonds.